The molecular formula is C18H27N3O3. The monoisotopic (exact) mass is 333 g/mol. The van der Waals surface area contributed by atoms with Crippen molar-refractivity contribution in [2.45, 2.75) is 44.6 Å². The SMILES string of the molecule is C=C(C)C12CC3CC/C(=N/O)C(C1)C3(N1CCOCC1)C/C2=N/O. The van der Waals surface area contributed by atoms with Crippen molar-refractivity contribution in [3.8, 4) is 0 Å². The number of hydrogen-bond donors (Lipinski definition) is 2. The highest BCUT2D eigenvalue weighted by Crippen LogP contribution is 2.64. The van der Waals surface area contributed by atoms with Crippen LogP contribution in [0.2, 0.25) is 0 Å². The fourth-order valence-corrected chi connectivity index (χ4v) is 6.10. The van der Waals surface area contributed by atoms with Gasteiger partial charge >= 0.3 is 0 Å². The first-order valence-corrected chi connectivity index (χ1v) is 8.99. The van der Waals surface area contributed by atoms with Crippen molar-refractivity contribution in [2.24, 2.45) is 27.6 Å². The molecule has 4 atom stereocenters. The first-order valence-electron chi connectivity index (χ1n) is 8.99. The number of allylic oxidation sites excluding steroid dienone is 1. The Morgan fingerprint density at radius 1 is 1.25 bits per heavy atom. The van der Waals surface area contributed by atoms with Crippen molar-refractivity contribution in [1.29, 1.82) is 0 Å². The number of fused-ring (bicyclic) bond motifs is 1. The van der Waals surface area contributed by atoms with Crippen LogP contribution in [0.25, 0.3) is 0 Å². The molecule has 1 saturated heterocycles. The second-order valence-electron chi connectivity index (χ2n) is 7.96. The van der Waals surface area contributed by atoms with Gasteiger partial charge in [0.2, 0.25) is 0 Å². The largest absolute Gasteiger partial charge is 0.411 e. The number of morpholine rings is 1. The van der Waals surface area contributed by atoms with Crippen molar-refractivity contribution in [3.05, 3.63) is 12.2 Å². The summed E-state index contributed by atoms with van der Waals surface area (Å²) in [6, 6.07) is 0. The van der Waals surface area contributed by atoms with E-state index in [9.17, 15) is 10.4 Å². The molecule has 5 rings (SSSR count). The van der Waals surface area contributed by atoms with Crippen LogP contribution in [0.4, 0.5) is 0 Å². The first-order chi connectivity index (χ1) is 11.6. The summed E-state index contributed by atoms with van der Waals surface area (Å²) in [5.74, 6) is 0.720. The van der Waals surface area contributed by atoms with Gasteiger partial charge in [-0.1, -0.05) is 22.5 Å². The number of rotatable bonds is 2. The zero-order valence-corrected chi connectivity index (χ0v) is 14.4. The molecule has 0 amide bonds. The molecule has 0 aromatic carbocycles. The lowest BCUT2D eigenvalue weighted by molar-refractivity contribution is -0.109. The van der Waals surface area contributed by atoms with Gasteiger partial charge in [-0.3, -0.25) is 4.90 Å². The normalized spacial score (nSPS) is 45.7. The van der Waals surface area contributed by atoms with Gasteiger partial charge in [-0.25, -0.2) is 0 Å². The third kappa shape index (κ3) is 1.90. The fourth-order valence-electron chi connectivity index (χ4n) is 6.10. The average Bonchev–Trinajstić information content (AvgIpc) is 2.62. The van der Waals surface area contributed by atoms with E-state index >= 15 is 0 Å². The lowest BCUT2D eigenvalue weighted by Gasteiger charge is -2.67. The van der Waals surface area contributed by atoms with Gasteiger partial charge < -0.3 is 15.2 Å². The maximum Gasteiger partial charge on any atom is 0.0691 e. The van der Waals surface area contributed by atoms with Crippen molar-refractivity contribution < 1.29 is 15.2 Å². The second-order valence-corrected chi connectivity index (χ2v) is 7.96. The Hall–Kier alpha value is -1.40. The molecule has 2 N–H and O–H groups in total. The van der Waals surface area contributed by atoms with Gasteiger partial charge in [0.1, 0.15) is 0 Å². The lowest BCUT2D eigenvalue weighted by atomic mass is 9.42. The highest BCUT2D eigenvalue weighted by molar-refractivity contribution is 6.00. The summed E-state index contributed by atoms with van der Waals surface area (Å²) in [5, 5.41) is 26.8. The Morgan fingerprint density at radius 2 is 2.00 bits per heavy atom. The maximum atomic E-state index is 9.75. The highest BCUT2D eigenvalue weighted by Gasteiger charge is 2.67. The molecule has 0 aromatic rings. The molecule has 1 aliphatic heterocycles. The molecule has 5 fully saturated rings. The Kier molecular flexibility index (Phi) is 3.73. The third-order valence-corrected chi connectivity index (χ3v) is 7.28. The molecule has 1 heterocycles. The van der Waals surface area contributed by atoms with Crippen molar-refractivity contribution in [1.82, 2.24) is 4.90 Å². The lowest BCUT2D eigenvalue weighted by Crippen LogP contribution is -2.73. The second kappa shape index (κ2) is 5.56. The molecular weight excluding hydrogens is 306 g/mol. The number of hydrogen-bond acceptors (Lipinski definition) is 6. The van der Waals surface area contributed by atoms with Gasteiger partial charge in [-0.2, -0.15) is 0 Å². The maximum absolute atomic E-state index is 9.75. The van der Waals surface area contributed by atoms with Gasteiger partial charge in [-0.05, 0) is 38.5 Å². The first kappa shape index (κ1) is 16.1. The van der Waals surface area contributed by atoms with Crippen LogP contribution in [0.5, 0.6) is 0 Å². The van der Waals surface area contributed by atoms with E-state index in [1.165, 1.54) is 0 Å². The van der Waals surface area contributed by atoms with E-state index in [1.54, 1.807) is 0 Å². The molecule has 4 saturated carbocycles. The number of ether oxygens (including phenoxy) is 1. The minimum absolute atomic E-state index is 0.0949. The molecule has 24 heavy (non-hydrogen) atoms. The Morgan fingerprint density at radius 3 is 2.62 bits per heavy atom. The topological polar surface area (TPSA) is 77.7 Å². The quantitative estimate of drug-likeness (QED) is 0.462. The standard InChI is InChI=1S/C18H27N3O3/c1-12(2)17-9-13-3-4-15(19-22)14(10-17)18(13,11-16(17)20-23)21-5-7-24-8-6-21/h13-14,22-23H,1,3-11H2,2H3/b19-15-,20-16-. The molecule has 4 aliphatic carbocycles. The van der Waals surface area contributed by atoms with Crippen LogP contribution < -0.4 is 0 Å². The van der Waals surface area contributed by atoms with Crippen molar-refractivity contribution in [3.63, 3.8) is 0 Å². The summed E-state index contributed by atoms with van der Waals surface area (Å²) in [6.07, 6.45) is 4.48. The van der Waals surface area contributed by atoms with E-state index in [1.807, 2.05) is 6.92 Å². The Bertz CT molecular complexity index is 611. The fraction of sp³-hybridized carbons (Fsp3) is 0.778. The molecule has 0 radical (unpaired) electrons. The highest BCUT2D eigenvalue weighted by atomic mass is 16.5. The third-order valence-electron chi connectivity index (χ3n) is 7.28. The summed E-state index contributed by atoms with van der Waals surface area (Å²) < 4.78 is 5.56. The predicted octanol–water partition coefficient (Wildman–Crippen LogP) is 2.50. The van der Waals surface area contributed by atoms with Gasteiger partial charge in [0.25, 0.3) is 0 Å². The van der Waals surface area contributed by atoms with Crippen LogP contribution in [0.3, 0.4) is 0 Å². The average molecular weight is 333 g/mol. The zero-order valence-electron chi connectivity index (χ0n) is 14.4. The summed E-state index contributed by atoms with van der Waals surface area (Å²) in [7, 11) is 0. The van der Waals surface area contributed by atoms with E-state index in [-0.39, 0.29) is 16.9 Å². The molecule has 0 spiro atoms. The van der Waals surface area contributed by atoms with Crippen LogP contribution in [-0.4, -0.2) is 58.6 Å². The van der Waals surface area contributed by atoms with Gasteiger partial charge in [0, 0.05) is 36.4 Å². The van der Waals surface area contributed by atoms with E-state index in [0.29, 0.717) is 5.92 Å². The van der Waals surface area contributed by atoms with E-state index < -0.39 is 0 Å². The van der Waals surface area contributed by atoms with Crippen LogP contribution in [0.15, 0.2) is 22.5 Å². The van der Waals surface area contributed by atoms with Crippen LogP contribution in [0.1, 0.15) is 39.0 Å². The summed E-state index contributed by atoms with van der Waals surface area (Å²) in [5.41, 5.74) is 2.52. The van der Waals surface area contributed by atoms with Gasteiger partial charge in [-0.15, -0.1) is 0 Å². The molecule has 0 aromatic heterocycles. The molecule has 132 valence electrons. The Labute approximate surface area is 142 Å². The van der Waals surface area contributed by atoms with E-state index in [4.69, 9.17) is 4.74 Å². The van der Waals surface area contributed by atoms with E-state index in [0.717, 1.165) is 75.4 Å². The summed E-state index contributed by atoms with van der Waals surface area (Å²) in [6.45, 7) is 9.54. The smallest absolute Gasteiger partial charge is 0.0691 e. The van der Waals surface area contributed by atoms with E-state index in [2.05, 4.69) is 21.8 Å². The van der Waals surface area contributed by atoms with Crippen molar-refractivity contribution in [2.75, 3.05) is 26.3 Å². The minimum Gasteiger partial charge on any atom is -0.411 e. The van der Waals surface area contributed by atoms with Gasteiger partial charge in [0.15, 0.2) is 0 Å². The molecule has 5 aliphatic rings. The molecule has 6 heteroatoms. The van der Waals surface area contributed by atoms with Gasteiger partial charge in [0.05, 0.1) is 24.6 Å². The molecule has 6 nitrogen and oxygen atoms in total. The van der Waals surface area contributed by atoms with Crippen LogP contribution in [0, 0.1) is 17.3 Å². The summed E-state index contributed by atoms with van der Waals surface area (Å²) >= 11 is 0. The molecule has 4 bridgehead atoms. The van der Waals surface area contributed by atoms with Crippen molar-refractivity contribution >= 4 is 11.4 Å². The minimum atomic E-state index is -0.242. The van der Waals surface area contributed by atoms with Crippen LogP contribution >= 0.6 is 0 Å². The summed E-state index contributed by atoms with van der Waals surface area (Å²) in [4.78, 5) is 2.53. The Balaban J connectivity index is 1.84. The molecule has 4 unspecified atom stereocenters. The number of oxime groups is 2. The predicted molar refractivity (Wildman–Crippen MR) is 90.9 cm³/mol. The zero-order chi connectivity index (χ0) is 16.9. The number of nitrogens with zero attached hydrogens (tertiary/aromatic N) is 3. The van der Waals surface area contributed by atoms with Crippen LogP contribution in [-0.2, 0) is 4.74 Å².